The number of carbonyl (C=O) groups excluding carboxylic acids is 2. The number of rotatable bonds is 2. The summed E-state index contributed by atoms with van der Waals surface area (Å²) in [4.78, 5) is 30.5. The van der Waals surface area contributed by atoms with Gasteiger partial charge >= 0.3 is 6.03 Å². The lowest BCUT2D eigenvalue weighted by molar-refractivity contribution is -0.127. The maximum absolute atomic E-state index is 12.0. The van der Waals surface area contributed by atoms with Gasteiger partial charge in [0.2, 0.25) is 5.91 Å². The zero-order valence-electron chi connectivity index (χ0n) is 10.0. The van der Waals surface area contributed by atoms with Crippen molar-refractivity contribution >= 4 is 17.8 Å². The van der Waals surface area contributed by atoms with Gasteiger partial charge in [-0.15, -0.1) is 0 Å². The van der Waals surface area contributed by atoms with Gasteiger partial charge in [-0.05, 0) is 24.6 Å². The fourth-order valence-corrected chi connectivity index (χ4v) is 1.84. The molecule has 1 aliphatic heterocycles. The standard InChI is InChI=1S/C12H15N3O2/c1-3-11(16)15-7-6-14(12(15)17)10-8-9(2)4-5-13-10/h4-5,8H,3,6-7H2,1-2H3. The average molecular weight is 233 g/mol. The van der Waals surface area contributed by atoms with Gasteiger partial charge < -0.3 is 0 Å². The Kier molecular flexibility index (Phi) is 3.08. The van der Waals surface area contributed by atoms with Crippen LogP contribution in [0.1, 0.15) is 18.9 Å². The van der Waals surface area contributed by atoms with Crippen LogP contribution in [-0.4, -0.2) is 34.9 Å². The molecule has 5 heteroatoms. The Hall–Kier alpha value is -1.91. The molecule has 90 valence electrons. The summed E-state index contributed by atoms with van der Waals surface area (Å²) in [6.07, 6.45) is 2.02. The predicted molar refractivity (Wildman–Crippen MR) is 63.7 cm³/mol. The van der Waals surface area contributed by atoms with E-state index >= 15 is 0 Å². The minimum absolute atomic E-state index is 0.134. The second-order valence-corrected chi connectivity index (χ2v) is 4.02. The van der Waals surface area contributed by atoms with Crippen LogP contribution in [0.5, 0.6) is 0 Å². The molecule has 0 atom stereocenters. The third-order valence-corrected chi connectivity index (χ3v) is 2.79. The zero-order chi connectivity index (χ0) is 12.4. The molecule has 0 aliphatic carbocycles. The van der Waals surface area contributed by atoms with Crippen LogP contribution >= 0.6 is 0 Å². The molecule has 0 saturated carbocycles. The second kappa shape index (κ2) is 4.53. The van der Waals surface area contributed by atoms with Crippen molar-refractivity contribution in [3.05, 3.63) is 23.9 Å². The quantitative estimate of drug-likeness (QED) is 0.779. The van der Waals surface area contributed by atoms with Crippen LogP contribution < -0.4 is 4.90 Å². The first-order valence-corrected chi connectivity index (χ1v) is 5.68. The average Bonchev–Trinajstić information content (AvgIpc) is 2.70. The predicted octanol–water partition coefficient (Wildman–Crippen LogP) is 1.57. The monoisotopic (exact) mass is 233 g/mol. The van der Waals surface area contributed by atoms with E-state index in [4.69, 9.17) is 0 Å². The third kappa shape index (κ3) is 2.13. The van der Waals surface area contributed by atoms with Gasteiger partial charge in [-0.3, -0.25) is 14.6 Å². The third-order valence-electron chi connectivity index (χ3n) is 2.79. The summed E-state index contributed by atoms with van der Waals surface area (Å²) >= 11 is 0. The summed E-state index contributed by atoms with van der Waals surface area (Å²) in [5.74, 6) is 0.478. The summed E-state index contributed by atoms with van der Waals surface area (Å²) in [6, 6.07) is 3.45. The minimum atomic E-state index is -0.269. The molecule has 1 aromatic heterocycles. The molecule has 0 N–H and O–H groups in total. The van der Waals surface area contributed by atoms with Crippen molar-refractivity contribution < 1.29 is 9.59 Å². The highest BCUT2D eigenvalue weighted by Gasteiger charge is 2.33. The van der Waals surface area contributed by atoms with Crippen LogP contribution in [-0.2, 0) is 4.79 Å². The Morgan fingerprint density at radius 3 is 2.88 bits per heavy atom. The molecule has 1 saturated heterocycles. The van der Waals surface area contributed by atoms with Crippen molar-refractivity contribution in [3.63, 3.8) is 0 Å². The first kappa shape index (κ1) is 11.6. The number of nitrogens with zero attached hydrogens (tertiary/aromatic N) is 3. The van der Waals surface area contributed by atoms with Crippen molar-refractivity contribution in [2.24, 2.45) is 0 Å². The van der Waals surface area contributed by atoms with Gasteiger partial charge in [-0.2, -0.15) is 0 Å². The van der Waals surface area contributed by atoms with Crippen molar-refractivity contribution in [3.8, 4) is 0 Å². The molecule has 0 unspecified atom stereocenters. The smallest absolute Gasteiger partial charge is 0.276 e. The number of carbonyl (C=O) groups is 2. The van der Waals surface area contributed by atoms with Gasteiger partial charge in [-0.25, -0.2) is 9.78 Å². The Morgan fingerprint density at radius 1 is 1.47 bits per heavy atom. The number of hydrogen-bond acceptors (Lipinski definition) is 3. The molecule has 1 aliphatic rings. The highest BCUT2D eigenvalue weighted by atomic mass is 16.2. The van der Waals surface area contributed by atoms with E-state index in [-0.39, 0.29) is 11.9 Å². The second-order valence-electron chi connectivity index (χ2n) is 4.02. The van der Waals surface area contributed by atoms with Crippen molar-refractivity contribution in [1.29, 1.82) is 0 Å². The summed E-state index contributed by atoms with van der Waals surface area (Å²) in [5.41, 5.74) is 1.04. The van der Waals surface area contributed by atoms with E-state index in [0.717, 1.165) is 5.56 Å². The van der Waals surface area contributed by atoms with Crippen LogP contribution in [0, 0.1) is 6.92 Å². The van der Waals surface area contributed by atoms with Crippen molar-refractivity contribution in [2.75, 3.05) is 18.0 Å². The van der Waals surface area contributed by atoms with Crippen LogP contribution in [0.4, 0.5) is 10.6 Å². The van der Waals surface area contributed by atoms with Gasteiger partial charge in [0.05, 0.1) is 0 Å². The number of amides is 3. The van der Waals surface area contributed by atoms with E-state index in [9.17, 15) is 9.59 Å². The van der Waals surface area contributed by atoms with Gasteiger partial charge in [0.15, 0.2) is 0 Å². The molecule has 17 heavy (non-hydrogen) atoms. The topological polar surface area (TPSA) is 53.5 Å². The fraction of sp³-hybridized carbons (Fsp3) is 0.417. The number of urea groups is 1. The van der Waals surface area contributed by atoms with Crippen LogP contribution in [0.3, 0.4) is 0 Å². The molecular formula is C12H15N3O2. The van der Waals surface area contributed by atoms with Gasteiger partial charge in [0.25, 0.3) is 0 Å². The summed E-state index contributed by atoms with van der Waals surface area (Å²) in [6.45, 7) is 4.66. The van der Waals surface area contributed by atoms with Gasteiger partial charge in [0.1, 0.15) is 5.82 Å². The largest absolute Gasteiger partial charge is 0.332 e. The molecule has 1 aromatic rings. The Bertz CT molecular complexity index is 459. The van der Waals surface area contributed by atoms with E-state index in [2.05, 4.69) is 4.98 Å². The summed E-state index contributed by atoms with van der Waals surface area (Å²) < 4.78 is 0. The normalized spacial score (nSPS) is 15.5. The van der Waals surface area contributed by atoms with Gasteiger partial charge in [-0.1, -0.05) is 6.92 Å². The van der Waals surface area contributed by atoms with E-state index in [0.29, 0.717) is 25.3 Å². The molecular weight excluding hydrogens is 218 g/mol. The molecule has 2 heterocycles. The fourth-order valence-electron chi connectivity index (χ4n) is 1.84. The highest BCUT2D eigenvalue weighted by molar-refractivity contribution is 6.04. The number of hydrogen-bond donors (Lipinski definition) is 0. The Labute approximate surface area is 100 Å². The zero-order valence-corrected chi connectivity index (χ0v) is 10.0. The van der Waals surface area contributed by atoms with Crippen LogP contribution in [0.2, 0.25) is 0 Å². The van der Waals surface area contributed by atoms with Crippen LogP contribution in [0.25, 0.3) is 0 Å². The first-order valence-electron chi connectivity index (χ1n) is 5.68. The molecule has 3 amide bonds. The Morgan fingerprint density at radius 2 is 2.24 bits per heavy atom. The summed E-state index contributed by atoms with van der Waals surface area (Å²) in [7, 11) is 0. The lowest BCUT2D eigenvalue weighted by atomic mass is 10.3. The number of pyridine rings is 1. The van der Waals surface area contributed by atoms with Crippen molar-refractivity contribution in [1.82, 2.24) is 9.88 Å². The Balaban J connectivity index is 2.20. The molecule has 0 bridgehead atoms. The SMILES string of the molecule is CCC(=O)N1CCN(c2cc(C)ccn2)C1=O. The minimum Gasteiger partial charge on any atom is -0.276 e. The molecule has 2 rings (SSSR count). The number of anilines is 1. The first-order chi connectivity index (χ1) is 8.13. The van der Waals surface area contributed by atoms with Gasteiger partial charge in [0, 0.05) is 25.7 Å². The number of aromatic nitrogens is 1. The van der Waals surface area contributed by atoms with E-state index in [1.54, 1.807) is 18.0 Å². The maximum Gasteiger partial charge on any atom is 0.332 e. The highest BCUT2D eigenvalue weighted by Crippen LogP contribution is 2.19. The molecule has 5 nitrogen and oxygen atoms in total. The maximum atomic E-state index is 12.0. The lowest BCUT2D eigenvalue weighted by Crippen LogP contribution is -2.36. The van der Waals surface area contributed by atoms with Crippen molar-refractivity contribution in [2.45, 2.75) is 20.3 Å². The molecule has 1 fully saturated rings. The van der Waals surface area contributed by atoms with E-state index < -0.39 is 0 Å². The number of aryl methyl sites for hydroxylation is 1. The van der Waals surface area contributed by atoms with Crippen LogP contribution in [0.15, 0.2) is 18.3 Å². The van der Waals surface area contributed by atoms with E-state index in [1.807, 2.05) is 19.1 Å². The number of imide groups is 1. The summed E-state index contributed by atoms with van der Waals surface area (Å²) in [5, 5.41) is 0. The molecule has 0 aromatic carbocycles. The molecule has 0 radical (unpaired) electrons. The lowest BCUT2D eigenvalue weighted by Gasteiger charge is -2.16. The molecule has 0 spiro atoms. The van der Waals surface area contributed by atoms with E-state index in [1.165, 1.54) is 4.90 Å².